The Hall–Kier alpha value is -4.36. The topological polar surface area (TPSA) is 69.7 Å². The first-order valence-electron chi connectivity index (χ1n) is 13.5. The molecule has 0 atom stereocenters. The van der Waals surface area contributed by atoms with E-state index in [1.54, 1.807) is 12.3 Å². The van der Waals surface area contributed by atoms with Gasteiger partial charge in [-0.2, -0.15) is 5.10 Å². The molecule has 0 bridgehead atoms. The number of hydrogen-bond donors (Lipinski definition) is 2. The van der Waals surface area contributed by atoms with Crippen LogP contribution in [0.1, 0.15) is 36.9 Å². The number of H-pyrrole nitrogens is 1. The molecule has 2 aromatic carbocycles. The second-order valence-corrected chi connectivity index (χ2v) is 10.2. The fourth-order valence-corrected chi connectivity index (χ4v) is 5.23. The smallest absolute Gasteiger partial charge is 0.123 e. The third kappa shape index (κ3) is 5.73. The van der Waals surface area contributed by atoms with E-state index in [0.717, 1.165) is 58.6 Å². The number of aromatic amines is 1. The summed E-state index contributed by atoms with van der Waals surface area (Å²) in [7, 11) is 0. The van der Waals surface area contributed by atoms with Crippen molar-refractivity contribution in [2.24, 2.45) is 0 Å². The number of halogens is 1. The number of aromatic nitrogens is 4. The molecule has 6 nitrogen and oxygen atoms in total. The maximum atomic E-state index is 13.6. The van der Waals surface area contributed by atoms with Crippen molar-refractivity contribution < 1.29 is 4.39 Å². The fraction of sp³-hybridized carbons (Fsp3) is 0.219. The first kappa shape index (κ1) is 24.9. The molecule has 0 spiro atoms. The second-order valence-electron chi connectivity index (χ2n) is 10.2. The predicted molar refractivity (Wildman–Crippen MR) is 155 cm³/mol. The number of benzene rings is 2. The van der Waals surface area contributed by atoms with Crippen LogP contribution in [0.3, 0.4) is 0 Å². The van der Waals surface area contributed by atoms with E-state index < -0.39 is 0 Å². The summed E-state index contributed by atoms with van der Waals surface area (Å²) in [6, 6.07) is 18.7. The summed E-state index contributed by atoms with van der Waals surface area (Å²) in [6.45, 7) is 7.49. The minimum absolute atomic E-state index is 0.283. The maximum absolute atomic E-state index is 13.6. The summed E-state index contributed by atoms with van der Waals surface area (Å²) in [5.74, 6) is -0.283. The molecule has 1 aliphatic rings. The largest absolute Gasteiger partial charge is 0.353 e. The average Bonchev–Trinajstić information content (AvgIpc) is 3.22. The van der Waals surface area contributed by atoms with Crippen LogP contribution in [0.15, 0.2) is 85.8 Å². The zero-order valence-electron chi connectivity index (χ0n) is 21.8. The average molecular weight is 519 g/mol. The Balaban J connectivity index is 1.20. The summed E-state index contributed by atoms with van der Waals surface area (Å²) in [5, 5.41) is 11.9. The molecule has 0 radical (unpaired) electrons. The van der Waals surface area contributed by atoms with Gasteiger partial charge < -0.3 is 5.32 Å². The Bertz CT molecular complexity index is 1600. The molecule has 0 aliphatic carbocycles. The number of rotatable bonds is 7. The van der Waals surface area contributed by atoms with Crippen molar-refractivity contribution in [3.63, 3.8) is 0 Å². The van der Waals surface area contributed by atoms with Gasteiger partial charge in [-0.3, -0.25) is 20.0 Å². The van der Waals surface area contributed by atoms with Gasteiger partial charge in [0.15, 0.2) is 0 Å². The first-order valence-corrected chi connectivity index (χ1v) is 13.5. The molecular weight excluding hydrogens is 487 g/mol. The Morgan fingerprint density at radius 1 is 0.897 bits per heavy atom. The summed E-state index contributed by atoms with van der Waals surface area (Å²) >= 11 is 0. The first-order chi connectivity index (χ1) is 19.1. The lowest BCUT2D eigenvalue weighted by Gasteiger charge is -2.19. The highest BCUT2D eigenvalue weighted by molar-refractivity contribution is 5.95. The van der Waals surface area contributed by atoms with Crippen LogP contribution in [0.5, 0.6) is 0 Å². The highest BCUT2D eigenvalue weighted by atomic mass is 19.1. The van der Waals surface area contributed by atoms with Gasteiger partial charge in [0.1, 0.15) is 11.5 Å². The third-order valence-electron chi connectivity index (χ3n) is 7.26. The third-order valence-corrected chi connectivity index (χ3v) is 7.26. The van der Waals surface area contributed by atoms with Crippen LogP contribution in [0, 0.1) is 5.82 Å². The van der Waals surface area contributed by atoms with Crippen molar-refractivity contribution in [2.45, 2.75) is 32.2 Å². The van der Waals surface area contributed by atoms with E-state index in [4.69, 9.17) is 0 Å². The molecule has 1 fully saturated rings. The van der Waals surface area contributed by atoms with Crippen LogP contribution in [0.2, 0.25) is 0 Å². The van der Waals surface area contributed by atoms with Gasteiger partial charge in [-0.15, -0.1) is 0 Å². The monoisotopic (exact) mass is 518 g/mol. The number of pyridine rings is 2. The number of nitrogens with one attached hydrogen (secondary N) is 2. The molecule has 39 heavy (non-hydrogen) atoms. The lowest BCUT2D eigenvalue weighted by molar-refractivity contribution is 0.277. The number of anilines is 1. The van der Waals surface area contributed by atoms with E-state index in [0.29, 0.717) is 11.4 Å². The van der Waals surface area contributed by atoms with E-state index in [2.05, 4.69) is 55.2 Å². The summed E-state index contributed by atoms with van der Waals surface area (Å²) < 4.78 is 13.6. The van der Waals surface area contributed by atoms with Crippen molar-refractivity contribution in [2.75, 3.05) is 18.4 Å². The lowest BCUT2D eigenvalue weighted by atomic mass is 10.0. The predicted octanol–water partition coefficient (Wildman–Crippen LogP) is 7.28. The van der Waals surface area contributed by atoms with Gasteiger partial charge in [0.05, 0.1) is 28.8 Å². The quantitative estimate of drug-likeness (QED) is 0.237. The number of hydrogen-bond acceptors (Lipinski definition) is 5. The van der Waals surface area contributed by atoms with Crippen LogP contribution in [0.25, 0.3) is 39.0 Å². The van der Waals surface area contributed by atoms with Crippen LogP contribution < -0.4 is 5.32 Å². The van der Waals surface area contributed by atoms with Crippen LogP contribution >= 0.6 is 0 Å². The molecule has 0 amide bonds. The van der Waals surface area contributed by atoms with Gasteiger partial charge >= 0.3 is 0 Å². The van der Waals surface area contributed by atoms with Crippen LogP contribution in [-0.2, 0) is 6.54 Å². The minimum Gasteiger partial charge on any atom is -0.353 e. The van der Waals surface area contributed by atoms with Crippen molar-refractivity contribution >= 4 is 22.3 Å². The van der Waals surface area contributed by atoms with Crippen LogP contribution in [-0.4, -0.2) is 38.2 Å². The molecule has 0 unspecified atom stereocenters. The van der Waals surface area contributed by atoms with Crippen molar-refractivity contribution in [3.05, 3.63) is 103 Å². The molecule has 4 heterocycles. The molecule has 7 heteroatoms. The highest BCUT2D eigenvalue weighted by Crippen LogP contribution is 2.29. The van der Waals surface area contributed by atoms with Crippen LogP contribution in [0.4, 0.5) is 10.1 Å². The molecule has 5 aromatic rings. The molecule has 196 valence electrons. The Kier molecular flexibility index (Phi) is 7.15. The zero-order valence-corrected chi connectivity index (χ0v) is 21.8. The molecule has 1 aliphatic heterocycles. The zero-order chi connectivity index (χ0) is 26.6. The number of likely N-dealkylation sites (tertiary alicyclic amines) is 1. The molecule has 3 aromatic heterocycles. The van der Waals surface area contributed by atoms with Gasteiger partial charge in [-0.05, 0) is 79.5 Å². The van der Waals surface area contributed by atoms with E-state index >= 15 is 0 Å². The molecule has 6 rings (SSSR count). The SMILES string of the molecule is C=C(Nc1ccc(-c2cccc(F)c2)nc1)c1n[nH]c2ccc(-c3cncc(CN4CCCCCC4)c3)cc12. The number of fused-ring (bicyclic) bond motifs is 1. The number of nitrogens with zero attached hydrogens (tertiary/aromatic N) is 4. The fourth-order valence-electron chi connectivity index (χ4n) is 5.23. The standard InChI is InChI=1S/C32H31FN6/c1-22(36-28-10-12-30(35-20-28)25-7-6-8-27(33)16-25)32-29-17-24(9-11-31(29)37-38-32)26-15-23(18-34-19-26)21-39-13-4-2-3-5-14-39/h6-12,15-20,36H,1-5,13-14,21H2,(H,37,38). The van der Waals surface area contributed by atoms with Crippen molar-refractivity contribution in [1.29, 1.82) is 0 Å². The van der Waals surface area contributed by atoms with E-state index in [-0.39, 0.29) is 5.82 Å². The summed E-state index contributed by atoms with van der Waals surface area (Å²) in [4.78, 5) is 11.6. The van der Waals surface area contributed by atoms with E-state index in [9.17, 15) is 4.39 Å². The van der Waals surface area contributed by atoms with Gasteiger partial charge in [0.2, 0.25) is 0 Å². The molecule has 1 saturated heterocycles. The van der Waals surface area contributed by atoms with Gasteiger partial charge in [0.25, 0.3) is 0 Å². The van der Waals surface area contributed by atoms with E-state index in [1.165, 1.54) is 43.4 Å². The normalized spacial score (nSPS) is 14.3. The maximum Gasteiger partial charge on any atom is 0.123 e. The Morgan fingerprint density at radius 2 is 1.77 bits per heavy atom. The Labute approximate surface area is 227 Å². The van der Waals surface area contributed by atoms with Gasteiger partial charge in [-0.1, -0.05) is 37.6 Å². The summed E-state index contributed by atoms with van der Waals surface area (Å²) in [6.07, 6.45) is 10.8. The molecular formula is C32H31FN6. The van der Waals surface area contributed by atoms with Gasteiger partial charge in [-0.25, -0.2) is 4.39 Å². The van der Waals surface area contributed by atoms with E-state index in [1.807, 2.05) is 36.7 Å². The second kappa shape index (κ2) is 11.2. The minimum atomic E-state index is -0.283. The molecule has 2 N–H and O–H groups in total. The highest BCUT2D eigenvalue weighted by Gasteiger charge is 2.13. The van der Waals surface area contributed by atoms with Crippen molar-refractivity contribution in [1.82, 2.24) is 25.1 Å². The lowest BCUT2D eigenvalue weighted by Crippen LogP contribution is -2.24. The summed E-state index contributed by atoms with van der Waals surface area (Å²) in [5.41, 5.74) is 7.96. The van der Waals surface area contributed by atoms with Crippen molar-refractivity contribution in [3.8, 4) is 22.4 Å². The Morgan fingerprint density at radius 3 is 2.56 bits per heavy atom. The van der Waals surface area contributed by atoms with Gasteiger partial charge in [0, 0.05) is 35.5 Å². The molecule has 0 saturated carbocycles.